The van der Waals surface area contributed by atoms with E-state index in [9.17, 15) is 9.59 Å². The normalized spacial score (nSPS) is 20.3. The predicted molar refractivity (Wildman–Crippen MR) is 132 cm³/mol. The summed E-state index contributed by atoms with van der Waals surface area (Å²) >= 11 is 0. The summed E-state index contributed by atoms with van der Waals surface area (Å²) in [6.07, 6.45) is 4.04. The van der Waals surface area contributed by atoms with Gasteiger partial charge in [0.1, 0.15) is 0 Å². The fraction of sp³-hybridized carbons (Fsp3) is 0.310. The van der Waals surface area contributed by atoms with Crippen molar-refractivity contribution in [2.24, 2.45) is 5.73 Å². The van der Waals surface area contributed by atoms with Crippen molar-refractivity contribution >= 4 is 11.8 Å². The monoisotopic (exact) mass is 453 g/mol. The molecular formula is C29H31N3O2. The average Bonchev–Trinajstić information content (AvgIpc) is 3.79. The van der Waals surface area contributed by atoms with Gasteiger partial charge < -0.3 is 5.73 Å². The number of carbonyl (C=O) groups excluding carboxylic acids is 2. The molecule has 5 heteroatoms. The Morgan fingerprint density at radius 2 is 1.12 bits per heavy atom. The molecule has 2 aliphatic carbocycles. The van der Waals surface area contributed by atoms with Crippen LogP contribution < -0.4 is 5.73 Å². The average molecular weight is 454 g/mol. The maximum Gasteiger partial charge on any atom is 0.244 e. The summed E-state index contributed by atoms with van der Waals surface area (Å²) in [5.74, 6) is -0.160. The van der Waals surface area contributed by atoms with Crippen molar-refractivity contribution in [2.75, 3.05) is 13.1 Å². The van der Waals surface area contributed by atoms with Crippen LogP contribution in [0.5, 0.6) is 0 Å². The van der Waals surface area contributed by atoms with Crippen LogP contribution in [0.1, 0.15) is 42.4 Å². The molecule has 0 atom stereocenters. The van der Waals surface area contributed by atoms with Crippen LogP contribution in [0.3, 0.4) is 0 Å². The minimum Gasteiger partial charge on any atom is -0.321 e. The SMILES string of the molecule is NC1(c2ccccc2)CC1.O=C1CN(Cc2ccccc2)CC(=O)N1C1(c2ccccc2)CC1. The molecule has 0 bridgehead atoms. The molecular weight excluding hydrogens is 422 g/mol. The van der Waals surface area contributed by atoms with Gasteiger partial charge in [-0.3, -0.25) is 19.4 Å². The fourth-order valence-corrected chi connectivity index (χ4v) is 4.85. The maximum atomic E-state index is 12.7. The molecule has 2 amide bonds. The second kappa shape index (κ2) is 9.16. The number of rotatable bonds is 5. The molecule has 34 heavy (non-hydrogen) atoms. The number of carbonyl (C=O) groups is 2. The quantitative estimate of drug-likeness (QED) is 0.589. The van der Waals surface area contributed by atoms with Gasteiger partial charge in [0.15, 0.2) is 0 Å². The Hall–Kier alpha value is -3.28. The lowest BCUT2D eigenvalue weighted by molar-refractivity contribution is -0.156. The van der Waals surface area contributed by atoms with Crippen molar-refractivity contribution in [3.05, 3.63) is 108 Å². The molecule has 1 aliphatic heterocycles. The van der Waals surface area contributed by atoms with Crippen molar-refractivity contribution < 1.29 is 9.59 Å². The molecule has 0 unspecified atom stereocenters. The lowest BCUT2D eigenvalue weighted by atomic mass is 10.0. The van der Waals surface area contributed by atoms with Gasteiger partial charge in [0.05, 0.1) is 18.6 Å². The molecule has 6 rings (SSSR count). The van der Waals surface area contributed by atoms with E-state index in [1.54, 1.807) is 0 Å². The number of nitrogens with zero attached hydrogens (tertiary/aromatic N) is 2. The van der Waals surface area contributed by atoms with E-state index >= 15 is 0 Å². The highest BCUT2D eigenvalue weighted by molar-refractivity contribution is 6.01. The lowest BCUT2D eigenvalue weighted by Crippen LogP contribution is -2.57. The standard InChI is InChI=1S/C20H20N2O2.C9H11N/c23-18-14-21(13-16-7-3-1-4-8-16)15-19(24)22(18)20(11-12-20)17-9-5-2-6-10-17;10-9(6-7-9)8-4-2-1-3-5-8/h1-10H,11-15H2;1-5H,6-7,10H2. The third-order valence-corrected chi connectivity index (χ3v) is 7.07. The highest BCUT2D eigenvalue weighted by atomic mass is 16.2. The molecule has 3 aliphatic rings. The first kappa shape index (κ1) is 22.5. The topological polar surface area (TPSA) is 66.6 Å². The van der Waals surface area contributed by atoms with Crippen molar-refractivity contribution in [1.29, 1.82) is 0 Å². The van der Waals surface area contributed by atoms with E-state index in [0.717, 1.165) is 36.8 Å². The number of piperazine rings is 1. The van der Waals surface area contributed by atoms with E-state index in [-0.39, 0.29) is 17.4 Å². The Morgan fingerprint density at radius 3 is 1.59 bits per heavy atom. The summed E-state index contributed by atoms with van der Waals surface area (Å²) in [6, 6.07) is 30.2. The number of benzene rings is 3. The minimum atomic E-state index is -0.395. The van der Waals surface area contributed by atoms with Crippen LogP contribution in [0.2, 0.25) is 0 Å². The Morgan fingerprint density at radius 1 is 0.647 bits per heavy atom. The van der Waals surface area contributed by atoms with Crippen LogP contribution in [0, 0.1) is 0 Å². The van der Waals surface area contributed by atoms with Crippen molar-refractivity contribution in [1.82, 2.24) is 9.80 Å². The van der Waals surface area contributed by atoms with Crippen LogP contribution in [0.15, 0.2) is 91.0 Å². The van der Waals surface area contributed by atoms with Crippen LogP contribution in [-0.2, 0) is 27.2 Å². The first-order valence-electron chi connectivity index (χ1n) is 12.0. The van der Waals surface area contributed by atoms with Crippen LogP contribution in [-0.4, -0.2) is 34.7 Å². The molecule has 0 spiro atoms. The van der Waals surface area contributed by atoms with Gasteiger partial charge >= 0.3 is 0 Å². The summed E-state index contributed by atoms with van der Waals surface area (Å²) in [6.45, 7) is 1.23. The first-order chi connectivity index (χ1) is 16.5. The number of hydrogen-bond donors (Lipinski definition) is 1. The molecule has 3 aromatic carbocycles. The highest BCUT2D eigenvalue weighted by Crippen LogP contribution is 2.51. The second-order valence-corrected chi connectivity index (χ2v) is 9.67. The van der Waals surface area contributed by atoms with Crippen LogP contribution >= 0.6 is 0 Å². The zero-order valence-corrected chi connectivity index (χ0v) is 19.4. The van der Waals surface area contributed by atoms with Crippen LogP contribution in [0.25, 0.3) is 0 Å². The van der Waals surface area contributed by atoms with Crippen molar-refractivity contribution in [3.63, 3.8) is 0 Å². The van der Waals surface area contributed by atoms with Gasteiger partial charge in [-0.15, -0.1) is 0 Å². The van der Waals surface area contributed by atoms with Gasteiger partial charge in [0.2, 0.25) is 11.8 Å². The van der Waals surface area contributed by atoms with E-state index in [0.29, 0.717) is 19.6 Å². The predicted octanol–water partition coefficient (Wildman–Crippen LogP) is 4.18. The molecule has 0 aromatic heterocycles. The fourth-order valence-electron chi connectivity index (χ4n) is 4.85. The number of amides is 2. The number of hydrogen-bond acceptors (Lipinski definition) is 4. The van der Waals surface area contributed by atoms with Crippen molar-refractivity contribution in [3.8, 4) is 0 Å². The molecule has 2 N–H and O–H groups in total. The minimum absolute atomic E-state index is 0.0429. The number of imide groups is 1. The van der Waals surface area contributed by atoms with Gasteiger partial charge in [-0.05, 0) is 42.4 Å². The summed E-state index contributed by atoms with van der Waals surface area (Å²) in [4.78, 5) is 28.9. The Kier molecular flexibility index (Phi) is 6.07. The van der Waals surface area contributed by atoms with E-state index in [4.69, 9.17) is 5.73 Å². The molecule has 3 fully saturated rings. The lowest BCUT2D eigenvalue weighted by Gasteiger charge is -2.38. The molecule has 0 radical (unpaired) electrons. The summed E-state index contributed by atoms with van der Waals surface area (Å²) in [5.41, 5.74) is 9.10. The number of nitrogens with two attached hydrogens (primary N) is 1. The van der Waals surface area contributed by atoms with E-state index in [2.05, 4.69) is 12.1 Å². The molecule has 174 valence electrons. The smallest absolute Gasteiger partial charge is 0.244 e. The molecule has 5 nitrogen and oxygen atoms in total. The van der Waals surface area contributed by atoms with E-state index in [1.165, 1.54) is 10.5 Å². The van der Waals surface area contributed by atoms with Gasteiger partial charge in [-0.25, -0.2) is 0 Å². The molecule has 1 heterocycles. The van der Waals surface area contributed by atoms with Gasteiger partial charge in [-0.1, -0.05) is 91.0 Å². The Labute approximate surface area is 201 Å². The van der Waals surface area contributed by atoms with E-state index < -0.39 is 5.54 Å². The first-order valence-corrected chi connectivity index (χ1v) is 12.0. The third-order valence-electron chi connectivity index (χ3n) is 7.07. The van der Waals surface area contributed by atoms with Crippen molar-refractivity contribution in [2.45, 2.75) is 43.3 Å². The molecule has 2 saturated carbocycles. The summed E-state index contributed by atoms with van der Waals surface area (Å²) < 4.78 is 0. The molecule has 3 aromatic rings. The van der Waals surface area contributed by atoms with Gasteiger partial charge in [0, 0.05) is 12.1 Å². The summed E-state index contributed by atoms with van der Waals surface area (Å²) in [5, 5.41) is 0. The van der Waals surface area contributed by atoms with Crippen LogP contribution in [0.4, 0.5) is 0 Å². The highest BCUT2D eigenvalue weighted by Gasteiger charge is 2.55. The van der Waals surface area contributed by atoms with E-state index in [1.807, 2.05) is 83.8 Å². The summed E-state index contributed by atoms with van der Waals surface area (Å²) in [7, 11) is 0. The third kappa shape index (κ3) is 4.67. The van der Waals surface area contributed by atoms with Gasteiger partial charge in [0.25, 0.3) is 0 Å². The maximum absolute atomic E-state index is 12.7. The Balaban J connectivity index is 0.000000200. The second-order valence-electron chi connectivity index (χ2n) is 9.67. The van der Waals surface area contributed by atoms with Gasteiger partial charge in [-0.2, -0.15) is 0 Å². The molecule has 1 saturated heterocycles. The zero-order valence-electron chi connectivity index (χ0n) is 19.4. The zero-order chi connectivity index (χ0) is 23.6. The largest absolute Gasteiger partial charge is 0.321 e. The Bertz CT molecular complexity index is 1120.